The summed E-state index contributed by atoms with van der Waals surface area (Å²) in [5, 5.41) is 24.4. The first-order valence-corrected chi connectivity index (χ1v) is 7.65. The molecule has 0 heterocycles. The molecule has 0 saturated heterocycles. The molecule has 0 aliphatic heterocycles. The number of nitrogens with one attached hydrogen (secondary N) is 1. The van der Waals surface area contributed by atoms with Crippen molar-refractivity contribution in [1.29, 1.82) is 0 Å². The van der Waals surface area contributed by atoms with Gasteiger partial charge in [0.05, 0.1) is 36.3 Å². The minimum absolute atomic E-state index is 0.0922. The Bertz CT molecular complexity index is 929. The number of carbonyl (C=O) groups is 1. The number of aromatic hydroxyl groups is 1. The number of hydrogen-bond donors (Lipinski definition) is 2. The van der Waals surface area contributed by atoms with Gasteiger partial charge in [-0.2, -0.15) is 18.3 Å². The number of carbonyl (C=O) groups excluding carboxylic acids is 1. The molecule has 0 atom stereocenters. The first-order valence-electron chi connectivity index (χ1n) is 7.65. The van der Waals surface area contributed by atoms with E-state index in [9.17, 15) is 33.2 Å². The van der Waals surface area contributed by atoms with Crippen LogP contribution in [-0.2, 0) is 17.4 Å². The zero-order valence-electron chi connectivity index (χ0n) is 14.4. The minimum atomic E-state index is -4.52. The fraction of sp³-hybridized carbons (Fsp3) is 0.176. The summed E-state index contributed by atoms with van der Waals surface area (Å²) in [7, 11) is 1.20. The lowest BCUT2D eigenvalue weighted by Gasteiger charge is -2.08. The lowest BCUT2D eigenvalue weighted by atomic mass is 10.1. The van der Waals surface area contributed by atoms with Gasteiger partial charge in [-0.1, -0.05) is 18.2 Å². The third kappa shape index (κ3) is 5.19. The lowest BCUT2D eigenvalue weighted by molar-refractivity contribution is -0.385. The fourth-order valence-corrected chi connectivity index (χ4v) is 2.23. The number of nitrogens with zero attached hydrogens (tertiary/aromatic N) is 2. The number of hydrogen-bond acceptors (Lipinski definition) is 6. The molecule has 8 nitrogen and oxygen atoms in total. The fourth-order valence-electron chi connectivity index (χ4n) is 2.23. The van der Waals surface area contributed by atoms with Crippen molar-refractivity contribution in [2.24, 2.45) is 5.10 Å². The molecular weight excluding hydrogens is 383 g/mol. The molecular formula is C17H14F3N3O5. The lowest BCUT2D eigenvalue weighted by Crippen LogP contribution is -2.20. The molecule has 0 saturated carbocycles. The van der Waals surface area contributed by atoms with Crippen molar-refractivity contribution in [3.63, 3.8) is 0 Å². The van der Waals surface area contributed by atoms with E-state index < -0.39 is 28.3 Å². The number of phenols is 1. The molecule has 28 heavy (non-hydrogen) atoms. The number of non-ortho nitro benzene ring substituents is 1. The van der Waals surface area contributed by atoms with Crippen LogP contribution in [0.1, 0.15) is 16.7 Å². The summed E-state index contributed by atoms with van der Waals surface area (Å²) in [6.45, 7) is 0. The molecule has 2 aromatic carbocycles. The van der Waals surface area contributed by atoms with Crippen molar-refractivity contribution in [2.45, 2.75) is 12.6 Å². The highest BCUT2D eigenvalue weighted by atomic mass is 19.4. The topological polar surface area (TPSA) is 114 Å². The second kappa shape index (κ2) is 8.37. The Morgan fingerprint density at radius 2 is 2.07 bits per heavy atom. The highest BCUT2D eigenvalue weighted by Crippen LogP contribution is 2.33. The Morgan fingerprint density at radius 3 is 2.68 bits per heavy atom. The molecule has 2 rings (SSSR count). The number of halogens is 3. The van der Waals surface area contributed by atoms with E-state index in [1.54, 1.807) is 0 Å². The number of alkyl halides is 3. The number of nitro groups is 1. The molecule has 0 bridgehead atoms. The van der Waals surface area contributed by atoms with Crippen molar-refractivity contribution < 1.29 is 32.7 Å². The summed E-state index contributed by atoms with van der Waals surface area (Å²) in [6, 6.07) is 6.30. The van der Waals surface area contributed by atoms with E-state index in [2.05, 4.69) is 10.5 Å². The number of ether oxygens (including phenoxy) is 1. The van der Waals surface area contributed by atoms with E-state index in [0.29, 0.717) is 0 Å². The van der Waals surface area contributed by atoms with E-state index in [1.165, 1.54) is 19.2 Å². The van der Waals surface area contributed by atoms with Crippen molar-refractivity contribution in [3.8, 4) is 11.5 Å². The van der Waals surface area contributed by atoms with Crippen LogP contribution in [-0.4, -0.2) is 29.3 Å². The first kappa shape index (κ1) is 20.7. The van der Waals surface area contributed by atoms with Crippen LogP contribution in [0.15, 0.2) is 41.5 Å². The molecule has 0 radical (unpaired) electrons. The highest BCUT2D eigenvalue weighted by molar-refractivity contribution is 5.87. The maximum Gasteiger partial charge on any atom is 0.416 e. The third-order valence-corrected chi connectivity index (χ3v) is 3.53. The summed E-state index contributed by atoms with van der Waals surface area (Å²) in [5.41, 5.74) is 0.865. The molecule has 2 N–H and O–H groups in total. The van der Waals surface area contributed by atoms with Crippen LogP contribution in [0.25, 0.3) is 0 Å². The maximum absolute atomic E-state index is 12.7. The molecule has 0 fully saturated rings. The van der Waals surface area contributed by atoms with Crippen LogP contribution in [0, 0.1) is 10.1 Å². The third-order valence-electron chi connectivity index (χ3n) is 3.53. The molecule has 1 amide bonds. The van der Waals surface area contributed by atoms with Gasteiger partial charge in [0.25, 0.3) is 5.69 Å². The van der Waals surface area contributed by atoms with Gasteiger partial charge in [0.15, 0.2) is 11.5 Å². The molecule has 0 spiro atoms. The standard InChI is InChI=1S/C17H14F3N3O5/c1-28-14-8-13(23(26)27)7-11(16(14)25)9-21-22-15(24)6-10-3-2-4-12(5-10)17(18,19)20/h2-5,7-9,25H,6H2,1H3,(H,22,24). The second-order valence-corrected chi connectivity index (χ2v) is 5.51. The van der Waals surface area contributed by atoms with Gasteiger partial charge in [0, 0.05) is 11.6 Å². The second-order valence-electron chi connectivity index (χ2n) is 5.51. The number of methoxy groups -OCH3 is 1. The Labute approximate surface area is 156 Å². The van der Waals surface area contributed by atoms with Crippen LogP contribution >= 0.6 is 0 Å². The zero-order valence-corrected chi connectivity index (χ0v) is 14.4. The van der Waals surface area contributed by atoms with Crippen molar-refractivity contribution in [3.05, 3.63) is 63.2 Å². The Balaban J connectivity index is 2.10. The molecule has 148 valence electrons. The van der Waals surface area contributed by atoms with Gasteiger partial charge < -0.3 is 9.84 Å². The summed E-state index contributed by atoms with van der Waals surface area (Å²) in [4.78, 5) is 22.0. The van der Waals surface area contributed by atoms with Gasteiger partial charge in [0.1, 0.15) is 0 Å². The van der Waals surface area contributed by atoms with Gasteiger partial charge in [-0.3, -0.25) is 14.9 Å². The van der Waals surface area contributed by atoms with Crippen LogP contribution in [0.4, 0.5) is 18.9 Å². The number of hydrazone groups is 1. The van der Waals surface area contributed by atoms with E-state index in [1.807, 2.05) is 0 Å². The van der Waals surface area contributed by atoms with Crippen molar-refractivity contribution >= 4 is 17.8 Å². The van der Waals surface area contributed by atoms with Gasteiger partial charge in [-0.15, -0.1) is 0 Å². The van der Waals surface area contributed by atoms with E-state index >= 15 is 0 Å². The van der Waals surface area contributed by atoms with E-state index in [-0.39, 0.29) is 29.0 Å². The molecule has 2 aromatic rings. The maximum atomic E-state index is 12.7. The average molecular weight is 397 g/mol. The number of benzene rings is 2. The summed E-state index contributed by atoms with van der Waals surface area (Å²) in [6.07, 6.45) is -3.94. The Hall–Kier alpha value is -3.63. The van der Waals surface area contributed by atoms with Crippen molar-refractivity contribution in [1.82, 2.24) is 5.43 Å². The summed E-state index contributed by atoms with van der Waals surface area (Å²) in [5.74, 6) is -1.30. The Morgan fingerprint density at radius 1 is 1.36 bits per heavy atom. The van der Waals surface area contributed by atoms with Gasteiger partial charge >= 0.3 is 6.18 Å². The number of amides is 1. The number of rotatable bonds is 6. The normalized spacial score (nSPS) is 11.4. The van der Waals surface area contributed by atoms with Gasteiger partial charge in [-0.25, -0.2) is 5.43 Å². The summed E-state index contributed by atoms with van der Waals surface area (Å²) >= 11 is 0. The average Bonchev–Trinajstić information content (AvgIpc) is 2.62. The Kier molecular flexibility index (Phi) is 6.18. The van der Waals surface area contributed by atoms with Crippen LogP contribution in [0.5, 0.6) is 11.5 Å². The molecule has 0 aliphatic carbocycles. The highest BCUT2D eigenvalue weighted by Gasteiger charge is 2.30. The van der Waals surface area contributed by atoms with Gasteiger partial charge in [0.2, 0.25) is 5.91 Å². The van der Waals surface area contributed by atoms with Crippen LogP contribution in [0.3, 0.4) is 0 Å². The first-order chi connectivity index (χ1) is 13.1. The summed E-state index contributed by atoms with van der Waals surface area (Å²) < 4.78 is 42.9. The number of phenolic OH excluding ortho intramolecular Hbond substituents is 1. The SMILES string of the molecule is COc1cc([N+](=O)[O-])cc(C=NNC(=O)Cc2cccc(C(F)(F)F)c2)c1O. The quantitative estimate of drug-likeness (QED) is 0.442. The van der Waals surface area contributed by atoms with Crippen molar-refractivity contribution in [2.75, 3.05) is 7.11 Å². The minimum Gasteiger partial charge on any atom is -0.504 e. The van der Waals surface area contributed by atoms with Crippen LogP contribution in [0.2, 0.25) is 0 Å². The smallest absolute Gasteiger partial charge is 0.416 e. The largest absolute Gasteiger partial charge is 0.504 e. The molecule has 0 unspecified atom stereocenters. The predicted molar refractivity (Wildman–Crippen MR) is 92.2 cm³/mol. The molecule has 0 aromatic heterocycles. The monoisotopic (exact) mass is 397 g/mol. The zero-order chi connectivity index (χ0) is 20.9. The van der Waals surface area contributed by atoms with Gasteiger partial charge in [-0.05, 0) is 11.6 Å². The van der Waals surface area contributed by atoms with E-state index in [0.717, 1.165) is 30.5 Å². The predicted octanol–water partition coefficient (Wildman–Crippen LogP) is 3.02. The van der Waals surface area contributed by atoms with Crippen LogP contribution < -0.4 is 10.2 Å². The number of nitro benzene ring substituents is 1. The van der Waals surface area contributed by atoms with E-state index in [4.69, 9.17) is 4.74 Å². The molecule has 11 heteroatoms. The molecule has 0 aliphatic rings.